The Bertz CT molecular complexity index is 1120. The molecule has 0 N–H and O–H groups in total. The number of hydrogen-bond donors (Lipinski definition) is 0. The van der Waals surface area contributed by atoms with E-state index in [4.69, 9.17) is 18.9 Å². The minimum atomic E-state index is -0.429. The lowest BCUT2D eigenvalue weighted by Crippen LogP contribution is -2.25. The summed E-state index contributed by atoms with van der Waals surface area (Å²) in [5.74, 6) is 0.529. The molecular formula is C30H34O6. The second-order valence-corrected chi connectivity index (χ2v) is 8.80. The van der Waals surface area contributed by atoms with E-state index >= 15 is 0 Å². The summed E-state index contributed by atoms with van der Waals surface area (Å²) in [5.41, 5.74) is 0.704. The normalized spacial score (nSPS) is 12.6. The van der Waals surface area contributed by atoms with Gasteiger partial charge in [0, 0.05) is 32.7 Å². The van der Waals surface area contributed by atoms with Gasteiger partial charge in [-0.3, -0.25) is 0 Å². The Kier molecular flexibility index (Phi) is 9.12. The molecule has 2 atom stereocenters. The van der Waals surface area contributed by atoms with Gasteiger partial charge in [-0.05, 0) is 26.7 Å². The molecule has 0 amide bonds. The van der Waals surface area contributed by atoms with E-state index in [1.165, 1.54) is 0 Å². The van der Waals surface area contributed by atoms with Crippen LogP contribution < -0.4 is 9.47 Å². The van der Waals surface area contributed by atoms with E-state index in [9.17, 15) is 9.59 Å². The number of benzene rings is 3. The summed E-state index contributed by atoms with van der Waals surface area (Å²) in [6.45, 7) is 14.8. The van der Waals surface area contributed by atoms with Crippen LogP contribution in [0.1, 0.15) is 40.5 Å². The third-order valence-corrected chi connectivity index (χ3v) is 5.81. The van der Waals surface area contributed by atoms with Crippen molar-refractivity contribution in [3.05, 3.63) is 72.8 Å². The zero-order chi connectivity index (χ0) is 26.2. The molecule has 0 saturated heterocycles. The van der Waals surface area contributed by atoms with Crippen LogP contribution in [0.3, 0.4) is 0 Å². The van der Waals surface area contributed by atoms with Crippen LogP contribution in [0, 0.1) is 0 Å². The number of fused-ring (bicyclic) bond motifs is 2. The smallest absolute Gasteiger partial charge is 0.333 e. The highest BCUT2D eigenvalue weighted by molar-refractivity contribution is 6.11. The van der Waals surface area contributed by atoms with Crippen LogP contribution in [0.25, 0.3) is 21.5 Å². The molecule has 36 heavy (non-hydrogen) atoms. The van der Waals surface area contributed by atoms with Gasteiger partial charge in [-0.1, -0.05) is 75.5 Å². The van der Waals surface area contributed by atoms with E-state index in [0.717, 1.165) is 21.5 Å². The maximum Gasteiger partial charge on any atom is 0.333 e. The minimum Gasteiger partial charge on any atom is -0.488 e. The predicted octanol–water partition coefficient (Wildman–Crippen LogP) is 6.55. The van der Waals surface area contributed by atoms with E-state index in [-0.39, 0.29) is 13.2 Å². The first-order valence-electron chi connectivity index (χ1n) is 12.2. The van der Waals surface area contributed by atoms with Crippen LogP contribution in [0.15, 0.2) is 72.8 Å². The molecule has 190 valence electrons. The summed E-state index contributed by atoms with van der Waals surface area (Å²) in [5, 5.41) is 3.50. The first kappa shape index (κ1) is 26.8. The van der Waals surface area contributed by atoms with E-state index in [0.29, 0.717) is 35.5 Å². The molecule has 0 heterocycles. The molecule has 0 spiro atoms. The monoisotopic (exact) mass is 490 g/mol. The molecule has 3 rings (SSSR count). The van der Waals surface area contributed by atoms with Gasteiger partial charge in [-0.2, -0.15) is 0 Å². The molecule has 0 radical (unpaired) electrons. The second-order valence-electron chi connectivity index (χ2n) is 8.80. The molecule has 0 aliphatic carbocycles. The van der Waals surface area contributed by atoms with Crippen molar-refractivity contribution in [2.75, 3.05) is 13.2 Å². The minimum absolute atomic E-state index is 0.207. The van der Waals surface area contributed by atoms with E-state index in [2.05, 4.69) is 13.2 Å². The lowest BCUT2D eigenvalue weighted by Gasteiger charge is -2.22. The van der Waals surface area contributed by atoms with Crippen LogP contribution in [0.5, 0.6) is 11.5 Å². The second kappa shape index (κ2) is 12.2. The lowest BCUT2D eigenvalue weighted by atomic mass is 10.0. The van der Waals surface area contributed by atoms with Crippen LogP contribution in [0.2, 0.25) is 0 Å². The van der Waals surface area contributed by atoms with Gasteiger partial charge >= 0.3 is 11.9 Å². The first-order valence-corrected chi connectivity index (χ1v) is 12.2. The van der Waals surface area contributed by atoms with Gasteiger partial charge < -0.3 is 18.9 Å². The SMILES string of the molecule is C=C(C)C(=O)OC(CC)COc1c2ccccc2c(OCC(CC)OC(=O)C(=C)C)c2ccccc12. The highest BCUT2D eigenvalue weighted by atomic mass is 16.6. The Morgan fingerprint density at radius 2 is 0.972 bits per heavy atom. The fraction of sp³-hybridized carbons (Fsp3) is 0.333. The standard InChI is InChI=1S/C30H34O6/c1-7-21(35-29(31)19(3)4)17-33-27-23-13-9-11-15-25(23)28(26-16-12-10-14-24(26)27)34-18-22(8-2)36-30(32)20(5)6/h9-16,21-22H,3,5,7-8,17-18H2,1-2,4,6H3. The summed E-state index contributed by atoms with van der Waals surface area (Å²) >= 11 is 0. The molecule has 0 bridgehead atoms. The molecule has 2 unspecified atom stereocenters. The van der Waals surface area contributed by atoms with Crippen molar-refractivity contribution in [2.24, 2.45) is 0 Å². The number of esters is 2. The largest absolute Gasteiger partial charge is 0.488 e. The molecule has 6 nitrogen and oxygen atoms in total. The van der Waals surface area contributed by atoms with Gasteiger partial charge in [-0.15, -0.1) is 0 Å². The summed E-state index contributed by atoms with van der Waals surface area (Å²) in [6, 6.07) is 15.7. The van der Waals surface area contributed by atoms with Gasteiger partial charge in [0.1, 0.15) is 36.9 Å². The van der Waals surface area contributed by atoms with Crippen molar-refractivity contribution in [3.8, 4) is 11.5 Å². The third kappa shape index (κ3) is 6.25. The molecule has 0 fully saturated rings. The zero-order valence-electron chi connectivity index (χ0n) is 21.5. The lowest BCUT2D eigenvalue weighted by molar-refractivity contribution is -0.146. The zero-order valence-corrected chi connectivity index (χ0v) is 21.5. The topological polar surface area (TPSA) is 71.1 Å². The van der Waals surface area contributed by atoms with Gasteiger partial charge in [0.2, 0.25) is 0 Å². The highest BCUT2D eigenvalue weighted by Gasteiger charge is 2.21. The quantitative estimate of drug-likeness (QED) is 0.163. The Labute approximate surface area is 212 Å². The highest BCUT2D eigenvalue weighted by Crippen LogP contribution is 2.42. The summed E-state index contributed by atoms with van der Waals surface area (Å²) in [4.78, 5) is 24.0. The Morgan fingerprint density at radius 1 is 0.667 bits per heavy atom. The molecule has 0 saturated carbocycles. The van der Waals surface area contributed by atoms with Crippen LogP contribution in [-0.4, -0.2) is 37.4 Å². The molecule has 0 aliphatic rings. The Hall–Kier alpha value is -3.80. The number of carbonyl (C=O) groups excluding carboxylic acids is 2. The van der Waals surface area contributed by atoms with E-state index in [1.54, 1.807) is 13.8 Å². The summed E-state index contributed by atoms with van der Waals surface area (Å²) in [7, 11) is 0. The van der Waals surface area contributed by atoms with Crippen LogP contribution in [-0.2, 0) is 19.1 Å². The summed E-state index contributed by atoms with van der Waals surface area (Å²) in [6.07, 6.45) is 0.404. The van der Waals surface area contributed by atoms with E-state index in [1.807, 2.05) is 62.4 Å². The molecule has 6 heteroatoms. The number of carbonyl (C=O) groups is 2. The molecular weight excluding hydrogens is 456 g/mol. The number of rotatable bonds is 12. The Morgan fingerprint density at radius 3 is 1.22 bits per heavy atom. The van der Waals surface area contributed by atoms with E-state index < -0.39 is 24.1 Å². The van der Waals surface area contributed by atoms with Crippen molar-refractivity contribution in [1.29, 1.82) is 0 Å². The first-order chi connectivity index (χ1) is 17.3. The molecule has 3 aromatic carbocycles. The Balaban J connectivity index is 1.96. The van der Waals surface area contributed by atoms with Gasteiger partial charge in [-0.25, -0.2) is 9.59 Å². The van der Waals surface area contributed by atoms with Gasteiger partial charge in [0.25, 0.3) is 0 Å². The van der Waals surface area contributed by atoms with Gasteiger partial charge in [0.15, 0.2) is 0 Å². The number of ether oxygens (including phenoxy) is 4. The van der Waals surface area contributed by atoms with Crippen LogP contribution >= 0.6 is 0 Å². The van der Waals surface area contributed by atoms with Crippen molar-refractivity contribution in [2.45, 2.75) is 52.7 Å². The predicted molar refractivity (Wildman–Crippen MR) is 142 cm³/mol. The molecule has 0 aromatic heterocycles. The van der Waals surface area contributed by atoms with Crippen LogP contribution in [0.4, 0.5) is 0 Å². The fourth-order valence-corrected chi connectivity index (χ4v) is 3.69. The third-order valence-electron chi connectivity index (χ3n) is 5.81. The van der Waals surface area contributed by atoms with Crippen molar-refractivity contribution >= 4 is 33.5 Å². The summed E-state index contributed by atoms with van der Waals surface area (Å²) < 4.78 is 23.7. The van der Waals surface area contributed by atoms with Crippen molar-refractivity contribution in [1.82, 2.24) is 0 Å². The molecule has 0 aliphatic heterocycles. The maximum absolute atomic E-state index is 12.0. The van der Waals surface area contributed by atoms with Crippen molar-refractivity contribution in [3.63, 3.8) is 0 Å². The molecule has 3 aromatic rings. The fourth-order valence-electron chi connectivity index (χ4n) is 3.69. The average Bonchev–Trinajstić information content (AvgIpc) is 2.88. The maximum atomic E-state index is 12.0. The average molecular weight is 491 g/mol. The van der Waals surface area contributed by atoms with Gasteiger partial charge in [0.05, 0.1) is 0 Å². The van der Waals surface area contributed by atoms with Crippen molar-refractivity contribution < 1.29 is 28.5 Å². The number of hydrogen-bond acceptors (Lipinski definition) is 6.